The molecule has 1 aromatic heterocycles. The van der Waals surface area contributed by atoms with Crippen LogP contribution in [0.5, 0.6) is 0 Å². The predicted molar refractivity (Wildman–Crippen MR) is 90.6 cm³/mol. The lowest BCUT2D eigenvalue weighted by molar-refractivity contribution is -0.140. The molecule has 134 valence electrons. The average Bonchev–Trinajstić information content (AvgIpc) is 3.07. The van der Waals surface area contributed by atoms with Crippen molar-refractivity contribution in [3.8, 4) is 5.69 Å². The van der Waals surface area contributed by atoms with E-state index in [1.54, 1.807) is 41.5 Å². The quantitative estimate of drug-likeness (QED) is 0.790. The molecule has 2 rings (SSSR count). The molecule has 8 heteroatoms. The van der Waals surface area contributed by atoms with Crippen LogP contribution in [0.15, 0.2) is 36.9 Å². The fourth-order valence-corrected chi connectivity index (χ4v) is 2.10. The number of hydrogen-bond donors (Lipinski definition) is 2. The maximum absolute atomic E-state index is 12.3. The van der Waals surface area contributed by atoms with Crippen LogP contribution in [-0.2, 0) is 9.53 Å². The lowest BCUT2D eigenvalue weighted by Crippen LogP contribution is -2.42. The van der Waals surface area contributed by atoms with Gasteiger partial charge in [0.25, 0.3) is 5.91 Å². The molecule has 0 spiro atoms. The molecule has 0 bridgehead atoms. The molecule has 2 aromatic rings. The van der Waals surface area contributed by atoms with Crippen molar-refractivity contribution in [2.24, 2.45) is 0 Å². The second-order valence-electron chi connectivity index (χ2n) is 6.53. The molecule has 25 heavy (non-hydrogen) atoms. The van der Waals surface area contributed by atoms with Crippen molar-refractivity contribution < 1.29 is 19.4 Å². The monoisotopic (exact) mass is 346 g/mol. The maximum Gasteiger partial charge on any atom is 0.326 e. The summed E-state index contributed by atoms with van der Waals surface area (Å²) in [5.41, 5.74) is 0.820. The number of carbonyl (C=O) groups is 2. The summed E-state index contributed by atoms with van der Waals surface area (Å²) in [6, 6.07) is 5.70. The van der Waals surface area contributed by atoms with Crippen molar-refractivity contribution in [3.63, 3.8) is 0 Å². The first-order valence-corrected chi connectivity index (χ1v) is 7.89. The minimum atomic E-state index is -1.09. The number of aromatic nitrogens is 3. The van der Waals surface area contributed by atoms with Crippen LogP contribution in [0.4, 0.5) is 0 Å². The Kier molecular flexibility index (Phi) is 5.87. The van der Waals surface area contributed by atoms with Crippen LogP contribution >= 0.6 is 0 Å². The summed E-state index contributed by atoms with van der Waals surface area (Å²) in [4.78, 5) is 23.6. The summed E-state index contributed by atoms with van der Waals surface area (Å²) in [6.45, 7) is 5.91. The number of carboxylic acids is 1. The highest BCUT2D eigenvalue weighted by Crippen LogP contribution is 2.10. The summed E-state index contributed by atoms with van der Waals surface area (Å²) in [5, 5.41) is 19.2. The molecule has 1 unspecified atom stereocenters. The topological polar surface area (TPSA) is 106 Å². The van der Waals surface area contributed by atoms with Gasteiger partial charge in [-0.15, -0.1) is 10.2 Å². The molecular formula is C17H22N4O4. The van der Waals surface area contributed by atoms with Crippen molar-refractivity contribution in [2.45, 2.75) is 38.8 Å². The number of carbonyl (C=O) groups excluding carboxylic acids is 1. The fourth-order valence-electron chi connectivity index (χ4n) is 2.10. The van der Waals surface area contributed by atoms with Gasteiger partial charge in [0.15, 0.2) is 0 Å². The van der Waals surface area contributed by atoms with Crippen molar-refractivity contribution in [2.75, 3.05) is 6.61 Å². The number of ether oxygens (including phenoxy) is 1. The van der Waals surface area contributed by atoms with E-state index in [1.807, 2.05) is 20.8 Å². The van der Waals surface area contributed by atoms with Gasteiger partial charge in [0.1, 0.15) is 18.7 Å². The highest BCUT2D eigenvalue weighted by molar-refractivity contribution is 5.96. The van der Waals surface area contributed by atoms with Gasteiger partial charge in [-0.1, -0.05) is 0 Å². The summed E-state index contributed by atoms with van der Waals surface area (Å²) in [5.74, 6) is -1.54. The fraction of sp³-hybridized carbons (Fsp3) is 0.412. The predicted octanol–water partition coefficient (Wildman–Crippen LogP) is 1.66. The Bertz CT molecular complexity index is 705. The van der Waals surface area contributed by atoms with Gasteiger partial charge in [-0.05, 0) is 45.0 Å². The molecule has 1 atom stereocenters. The molecular weight excluding hydrogens is 324 g/mol. The molecule has 0 saturated heterocycles. The van der Waals surface area contributed by atoms with E-state index in [0.717, 1.165) is 5.69 Å². The van der Waals surface area contributed by atoms with E-state index in [4.69, 9.17) is 4.74 Å². The smallest absolute Gasteiger partial charge is 0.326 e. The number of benzene rings is 1. The molecule has 1 aromatic carbocycles. The SMILES string of the molecule is CC(C)(C)OCCC(NC(=O)c1ccc(-n2cnnc2)cc1)C(=O)O. The highest BCUT2D eigenvalue weighted by Gasteiger charge is 2.21. The molecule has 0 aliphatic heterocycles. The zero-order valence-corrected chi connectivity index (χ0v) is 14.5. The third-order valence-corrected chi connectivity index (χ3v) is 3.39. The number of nitrogens with zero attached hydrogens (tertiary/aromatic N) is 3. The number of amides is 1. The van der Waals surface area contributed by atoms with Crippen LogP contribution in [0.2, 0.25) is 0 Å². The average molecular weight is 346 g/mol. The summed E-state index contributed by atoms with van der Waals surface area (Å²) >= 11 is 0. The van der Waals surface area contributed by atoms with Crippen LogP contribution in [0.1, 0.15) is 37.6 Å². The van der Waals surface area contributed by atoms with E-state index in [9.17, 15) is 14.7 Å². The standard InChI is InChI=1S/C17H22N4O4/c1-17(2,3)25-9-8-14(16(23)24)20-15(22)12-4-6-13(7-5-12)21-10-18-19-11-21/h4-7,10-11,14H,8-9H2,1-3H3,(H,20,22)(H,23,24). The Morgan fingerprint density at radius 1 is 1.20 bits per heavy atom. The molecule has 0 saturated carbocycles. The van der Waals surface area contributed by atoms with E-state index in [1.165, 1.54) is 0 Å². The van der Waals surface area contributed by atoms with Crippen molar-refractivity contribution >= 4 is 11.9 Å². The Morgan fingerprint density at radius 2 is 1.80 bits per heavy atom. The Hall–Kier alpha value is -2.74. The number of hydrogen-bond acceptors (Lipinski definition) is 5. The summed E-state index contributed by atoms with van der Waals surface area (Å²) in [7, 11) is 0. The first-order valence-electron chi connectivity index (χ1n) is 7.89. The number of rotatable bonds is 7. The van der Waals surface area contributed by atoms with E-state index in [-0.39, 0.29) is 18.6 Å². The number of nitrogens with one attached hydrogen (secondary N) is 1. The molecule has 8 nitrogen and oxygen atoms in total. The van der Waals surface area contributed by atoms with Gasteiger partial charge < -0.3 is 15.2 Å². The second kappa shape index (κ2) is 7.89. The van der Waals surface area contributed by atoms with Crippen LogP contribution < -0.4 is 5.32 Å². The Labute approximate surface area is 145 Å². The molecule has 0 fully saturated rings. The molecule has 1 heterocycles. The van der Waals surface area contributed by atoms with Crippen molar-refractivity contribution in [3.05, 3.63) is 42.5 Å². The van der Waals surface area contributed by atoms with Gasteiger partial charge in [0.2, 0.25) is 0 Å². The van der Waals surface area contributed by atoms with E-state index < -0.39 is 17.9 Å². The normalized spacial score (nSPS) is 12.6. The Morgan fingerprint density at radius 3 is 2.32 bits per heavy atom. The maximum atomic E-state index is 12.3. The van der Waals surface area contributed by atoms with Gasteiger partial charge in [0.05, 0.1) is 5.60 Å². The van der Waals surface area contributed by atoms with Gasteiger partial charge in [-0.25, -0.2) is 4.79 Å². The van der Waals surface area contributed by atoms with Gasteiger partial charge in [-0.2, -0.15) is 0 Å². The van der Waals surface area contributed by atoms with Crippen LogP contribution in [0, 0.1) is 0 Å². The first-order chi connectivity index (χ1) is 11.8. The van der Waals surface area contributed by atoms with Gasteiger partial charge >= 0.3 is 5.97 Å². The number of carboxylic acid groups (broad SMARTS) is 1. The van der Waals surface area contributed by atoms with Crippen molar-refractivity contribution in [1.29, 1.82) is 0 Å². The molecule has 0 aliphatic carbocycles. The van der Waals surface area contributed by atoms with E-state index in [2.05, 4.69) is 15.5 Å². The molecule has 1 amide bonds. The van der Waals surface area contributed by atoms with Crippen LogP contribution in [-0.4, -0.2) is 50.0 Å². The van der Waals surface area contributed by atoms with E-state index >= 15 is 0 Å². The van der Waals surface area contributed by atoms with Gasteiger partial charge in [0, 0.05) is 24.3 Å². The number of aliphatic carboxylic acids is 1. The minimum absolute atomic E-state index is 0.192. The van der Waals surface area contributed by atoms with Gasteiger partial charge in [-0.3, -0.25) is 9.36 Å². The molecule has 0 radical (unpaired) electrons. The lowest BCUT2D eigenvalue weighted by atomic mass is 10.1. The summed E-state index contributed by atoms with van der Waals surface area (Å²) < 4.78 is 7.23. The third kappa shape index (κ3) is 5.68. The molecule has 0 aliphatic rings. The highest BCUT2D eigenvalue weighted by atomic mass is 16.5. The third-order valence-electron chi connectivity index (χ3n) is 3.39. The minimum Gasteiger partial charge on any atom is -0.480 e. The largest absolute Gasteiger partial charge is 0.480 e. The van der Waals surface area contributed by atoms with Crippen LogP contribution in [0.3, 0.4) is 0 Å². The zero-order valence-electron chi connectivity index (χ0n) is 14.5. The van der Waals surface area contributed by atoms with Crippen LogP contribution in [0.25, 0.3) is 5.69 Å². The zero-order chi connectivity index (χ0) is 18.4. The molecule has 2 N–H and O–H groups in total. The van der Waals surface area contributed by atoms with Crippen molar-refractivity contribution in [1.82, 2.24) is 20.1 Å². The van der Waals surface area contributed by atoms with E-state index in [0.29, 0.717) is 5.56 Å². The second-order valence-corrected chi connectivity index (χ2v) is 6.53. The lowest BCUT2D eigenvalue weighted by Gasteiger charge is -2.21. The first kappa shape index (κ1) is 18.6. The summed E-state index contributed by atoms with van der Waals surface area (Å²) in [6.07, 6.45) is 3.28. The Balaban J connectivity index is 1.97.